The third-order valence-electron chi connectivity index (χ3n) is 8.27. The number of piperidine rings is 1. The number of carbonyl (C=O) groups is 1. The molecule has 2 saturated heterocycles. The molecule has 4 rings (SSSR count). The number of nitrogens with zero attached hydrogens (tertiary/aromatic N) is 4. The van der Waals surface area contributed by atoms with Crippen LogP contribution in [0.3, 0.4) is 0 Å². The Morgan fingerprint density at radius 2 is 1.81 bits per heavy atom. The average molecular weight is 502 g/mol. The van der Waals surface area contributed by atoms with Crippen LogP contribution in [0.1, 0.15) is 83.5 Å². The summed E-state index contributed by atoms with van der Waals surface area (Å²) in [4.78, 5) is 27.0. The van der Waals surface area contributed by atoms with Crippen molar-refractivity contribution in [3.05, 3.63) is 12.3 Å². The lowest BCUT2D eigenvalue weighted by Gasteiger charge is -2.47. The van der Waals surface area contributed by atoms with Crippen LogP contribution < -0.4 is 21.3 Å². The second-order valence-electron chi connectivity index (χ2n) is 10.8. The fourth-order valence-corrected chi connectivity index (χ4v) is 6.29. The SMILES string of the molecule is N[C@@H](CCO)C(=O)NCCC1C(Nc2nccc(N3CCCCCC3)n2)CCCN1C1CCCCC1. The van der Waals surface area contributed by atoms with Gasteiger partial charge in [0.15, 0.2) is 0 Å². The molecule has 1 saturated carbocycles. The first kappa shape index (κ1) is 27.1. The molecule has 3 fully saturated rings. The summed E-state index contributed by atoms with van der Waals surface area (Å²) in [6.45, 7) is 3.75. The van der Waals surface area contributed by atoms with Gasteiger partial charge in [-0.2, -0.15) is 4.98 Å². The second-order valence-corrected chi connectivity index (χ2v) is 10.8. The number of aliphatic hydroxyl groups is 1. The van der Waals surface area contributed by atoms with Crippen molar-refractivity contribution in [2.45, 2.75) is 108 Å². The van der Waals surface area contributed by atoms with Gasteiger partial charge >= 0.3 is 0 Å². The molecule has 0 radical (unpaired) electrons. The van der Waals surface area contributed by atoms with Crippen molar-refractivity contribution >= 4 is 17.7 Å². The van der Waals surface area contributed by atoms with Crippen LogP contribution in [0.2, 0.25) is 0 Å². The number of aromatic nitrogens is 2. The number of hydrogen-bond donors (Lipinski definition) is 4. The van der Waals surface area contributed by atoms with Gasteiger partial charge in [0, 0.05) is 50.6 Å². The smallest absolute Gasteiger partial charge is 0.237 e. The highest BCUT2D eigenvalue weighted by Crippen LogP contribution is 2.31. The minimum atomic E-state index is -0.653. The zero-order valence-corrected chi connectivity index (χ0v) is 21.9. The minimum Gasteiger partial charge on any atom is -0.396 e. The van der Waals surface area contributed by atoms with Gasteiger partial charge in [-0.25, -0.2) is 4.98 Å². The van der Waals surface area contributed by atoms with Gasteiger partial charge in [-0.3, -0.25) is 9.69 Å². The van der Waals surface area contributed by atoms with Crippen molar-refractivity contribution in [2.24, 2.45) is 5.73 Å². The number of likely N-dealkylation sites (tertiary alicyclic amines) is 1. The minimum absolute atomic E-state index is 0.0743. The number of rotatable bonds is 10. The number of amides is 1. The van der Waals surface area contributed by atoms with Crippen LogP contribution in [0.15, 0.2) is 12.3 Å². The van der Waals surface area contributed by atoms with E-state index in [9.17, 15) is 4.79 Å². The molecule has 1 aromatic rings. The molecule has 0 spiro atoms. The van der Waals surface area contributed by atoms with E-state index in [0.29, 0.717) is 31.0 Å². The van der Waals surface area contributed by atoms with Crippen LogP contribution in [-0.2, 0) is 4.79 Å². The Balaban J connectivity index is 1.44. The van der Waals surface area contributed by atoms with Gasteiger partial charge in [0.25, 0.3) is 0 Å². The Labute approximate surface area is 216 Å². The number of hydrogen-bond acceptors (Lipinski definition) is 8. The molecule has 0 bridgehead atoms. The maximum absolute atomic E-state index is 12.3. The fourth-order valence-electron chi connectivity index (χ4n) is 6.29. The van der Waals surface area contributed by atoms with Crippen LogP contribution in [0, 0.1) is 0 Å². The highest BCUT2D eigenvalue weighted by atomic mass is 16.3. The van der Waals surface area contributed by atoms with Gasteiger partial charge in [0.2, 0.25) is 11.9 Å². The Bertz CT molecular complexity index is 796. The predicted octanol–water partition coefficient (Wildman–Crippen LogP) is 2.65. The molecule has 5 N–H and O–H groups in total. The van der Waals surface area contributed by atoms with Gasteiger partial charge in [-0.05, 0) is 64.0 Å². The van der Waals surface area contributed by atoms with Gasteiger partial charge in [0.1, 0.15) is 5.82 Å². The molecule has 9 nitrogen and oxygen atoms in total. The summed E-state index contributed by atoms with van der Waals surface area (Å²) in [6.07, 6.45) is 16.8. The molecule has 9 heteroatoms. The fraction of sp³-hybridized carbons (Fsp3) is 0.815. The third kappa shape index (κ3) is 7.52. The summed E-state index contributed by atoms with van der Waals surface area (Å²) in [7, 11) is 0. The van der Waals surface area contributed by atoms with Crippen LogP contribution in [0.4, 0.5) is 11.8 Å². The van der Waals surface area contributed by atoms with Crippen molar-refractivity contribution in [3.8, 4) is 0 Å². The van der Waals surface area contributed by atoms with E-state index in [1.165, 1.54) is 57.8 Å². The maximum atomic E-state index is 12.3. The van der Waals surface area contributed by atoms with Crippen LogP contribution >= 0.6 is 0 Å². The molecule has 1 aromatic heterocycles. The van der Waals surface area contributed by atoms with Gasteiger partial charge in [-0.15, -0.1) is 0 Å². The summed E-state index contributed by atoms with van der Waals surface area (Å²) in [5.74, 6) is 1.56. The standard InChI is InChI=1S/C27H47N7O2/c28-22(14-20-35)26(36)29-15-12-24-23(11-8-19-34(24)21-9-4-3-5-10-21)31-27-30-16-13-25(32-27)33-17-6-1-2-7-18-33/h13,16,21-24,35H,1-12,14-15,17-20,28H2,(H,29,36)(H,30,31,32)/t22-,23?,24?/m0/s1. The lowest BCUT2D eigenvalue weighted by atomic mass is 9.87. The van der Waals surface area contributed by atoms with E-state index >= 15 is 0 Å². The molecule has 1 aliphatic carbocycles. The van der Waals surface area contributed by atoms with Crippen molar-refractivity contribution in [2.75, 3.05) is 43.0 Å². The van der Waals surface area contributed by atoms with Crippen LogP contribution in [0.25, 0.3) is 0 Å². The number of nitrogens with two attached hydrogens (primary N) is 1. The highest BCUT2D eigenvalue weighted by molar-refractivity contribution is 5.81. The molecule has 202 valence electrons. The normalized spacial score (nSPS) is 25.2. The Morgan fingerprint density at radius 1 is 1.06 bits per heavy atom. The first-order valence-electron chi connectivity index (χ1n) is 14.4. The number of anilines is 2. The van der Waals surface area contributed by atoms with E-state index in [4.69, 9.17) is 15.8 Å². The summed E-state index contributed by atoms with van der Waals surface area (Å²) >= 11 is 0. The lowest BCUT2D eigenvalue weighted by Crippen LogP contribution is -2.56. The van der Waals surface area contributed by atoms with Crippen molar-refractivity contribution in [3.63, 3.8) is 0 Å². The number of nitrogens with one attached hydrogen (secondary N) is 2. The van der Waals surface area contributed by atoms with Gasteiger partial charge < -0.3 is 26.4 Å². The summed E-state index contributed by atoms with van der Waals surface area (Å²) in [5.41, 5.74) is 5.89. The van der Waals surface area contributed by atoms with Crippen LogP contribution in [0.5, 0.6) is 0 Å². The monoisotopic (exact) mass is 501 g/mol. The van der Waals surface area contributed by atoms with E-state index in [1.807, 2.05) is 12.3 Å². The summed E-state index contributed by atoms with van der Waals surface area (Å²) in [5, 5.41) is 15.8. The zero-order chi connectivity index (χ0) is 25.2. The molecule has 3 aliphatic rings. The van der Waals surface area contributed by atoms with Crippen molar-refractivity contribution in [1.29, 1.82) is 0 Å². The average Bonchev–Trinajstić information content (AvgIpc) is 3.20. The first-order chi connectivity index (χ1) is 17.7. The number of carbonyl (C=O) groups excluding carboxylic acids is 1. The van der Waals surface area contributed by atoms with E-state index < -0.39 is 6.04 Å². The topological polar surface area (TPSA) is 120 Å². The quantitative estimate of drug-likeness (QED) is 0.386. The van der Waals surface area contributed by atoms with E-state index in [2.05, 4.69) is 25.4 Å². The Morgan fingerprint density at radius 3 is 2.56 bits per heavy atom. The molecule has 3 heterocycles. The van der Waals surface area contributed by atoms with Crippen LogP contribution in [-0.4, -0.2) is 82.8 Å². The molecule has 1 amide bonds. The van der Waals surface area contributed by atoms with E-state index in [-0.39, 0.29) is 18.6 Å². The molecule has 2 aliphatic heterocycles. The summed E-state index contributed by atoms with van der Waals surface area (Å²) in [6, 6.07) is 2.54. The molecule has 0 aromatic carbocycles. The molecule has 2 unspecified atom stereocenters. The van der Waals surface area contributed by atoms with Gasteiger partial charge in [0.05, 0.1) is 6.04 Å². The Hall–Kier alpha value is -1.97. The summed E-state index contributed by atoms with van der Waals surface area (Å²) < 4.78 is 0. The van der Waals surface area contributed by atoms with E-state index in [0.717, 1.165) is 44.7 Å². The third-order valence-corrected chi connectivity index (χ3v) is 8.27. The largest absolute Gasteiger partial charge is 0.396 e. The highest BCUT2D eigenvalue weighted by Gasteiger charge is 2.36. The molecular formula is C27H47N7O2. The second kappa shape index (κ2) is 14.1. The zero-order valence-electron chi connectivity index (χ0n) is 21.9. The lowest BCUT2D eigenvalue weighted by molar-refractivity contribution is -0.122. The Kier molecular flexibility index (Phi) is 10.6. The molecule has 36 heavy (non-hydrogen) atoms. The van der Waals surface area contributed by atoms with Crippen molar-refractivity contribution < 1.29 is 9.90 Å². The van der Waals surface area contributed by atoms with E-state index in [1.54, 1.807) is 0 Å². The van der Waals surface area contributed by atoms with Gasteiger partial charge in [-0.1, -0.05) is 32.1 Å². The number of aliphatic hydroxyl groups excluding tert-OH is 1. The molecular weight excluding hydrogens is 454 g/mol. The molecule has 3 atom stereocenters. The first-order valence-corrected chi connectivity index (χ1v) is 14.4. The predicted molar refractivity (Wildman–Crippen MR) is 144 cm³/mol. The maximum Gasteiger partial charge on any atom is 0.237 e. The van der Waals surface area contributed by atoms with Crippen molar-refractivity contribution in [1.82, 2.24) is 20.2 Å².